The van der Waals surface area contributed by atoms with Gasteiger partial charge in [0.25, 0.3) is 0 Å². The van der Waals surface area contributed by atoms with Crippen LogP contribution in [0.1, 0.15) is 0 Å². The van der Waals surface area contributed by atoms with E-state index in [-0.39, 0.29) is 0 Å². The van der Waals surface area contributed by atoms with E-state index in [2.05, 4.69) is 59.7 Å². The third-order valence-electron chi connectivity index (χ3n) is 6.96. The average molecular weight is 649 g/mol. The van der Waals surface area contributed by atoms with Crippen molar-refractivity contribution >= 4 is 69.0 Å². The number of nitrogens with zero attached hydrogens (tertiary/aromatic N) is 7. The van der Waals surface area contributed by atoms with Gasteiger partial charge in [-0.05, 0) is 53.5 Å². The van der Waals surface area contributed by atoms with Crippen molar-refractivity contribution < 1.29 is 9.47 Å². The van der Waals surface area contributed by atoms with Crippen LogP contribution in [0.5, 0.6) is 5.75 Å². The minimum atomic E-state index is -0.484. The number of aryl methyl sites for hydroxylation is 1. The van der Waals surface area contributed by atoms with E-state index in [0.29, 0.717) is 30.7 Å². The number of fused-ring (bicyclic) bond motifs is 1. The summed E-state index contributed by atoms with van der Waals surface area (Å²) in [5.74, 6) is 1.72. The van der Waals surface area contributed by atoms with E-state index < -0.39 is 7.92 Å². The Morgan fingerprint density at radius 3 is 2.55 bits per heavy atom. The Hall–Kier alpha value is -3.86. The molecule has 1 saturated heterocycles. The maximum atomic E-state index is 5.84. The number of anilines is 5. The van der Waals surface area contributed by atoms with Crippen LogP contribution in [0.2, 0.25) is 0 Å². The summed E-state index contributed by atoms with van der Waals surface area (Å²) in [7, 11) is 3.10. The number of rotatable bonds is 8. The second kappa shape index (κ2) is 12.2. The Morgan fingerprint density at radius 2 is 1.81 bits per heavy atom. The number of benzene rings is 2. The highest BCUT2D eigenvalue weighted by Crippen LogP contribution is 2.40. The van der Waals surface area contributed by atoms with Crippen molar-refractivity contribution in [3.8, 4) is 17.0 Å². The van der Waals surface area contributed by atoms with Gasteiger partial charge in [0.2, 0.25) is 5.95 Å². The van der Waals surface area contributed by atoms with Crippen molar-refractivity contribution in [2.75, 3.05) is 62.3 Å². The molecule has 6 rings (SSSR count). The zero-order valence-corrected chi connectivity index (χ0v) is 26.3. The van der Waals surface area contributed by atoms with E-state index in [0.717, 1.165) is 62.2 Å². The summed E-state index contributed by atoms with van der Waals surface area (Å²) in [4.78, 5) is 20.8. The maximum Gasteiger partial charge on any atom is 0.229 e. The van der Waals surface area contributed by atoms with Crippen molar-refractivity contribution in [3.05, 3.63) is 59.6 Å². The highest BCUT2D eigenvalue weighted by Gasteiger charge is 2.22. The Kier molecular flexibility index (Phi) is 8.19. The number of methoxy groups -OCH3 is 1. The molecule has 13 heteroatoms. The number of ether oxygens (including phenoxy) is 2. The van der Waals surface area contributed by atoms with Crippen LogP contribution in [-0.2, 0) is 11.8 Å². The summed E-state index contributed by atoms with van der Waals surface area (Å²) >= 11 is 3.62. The fourth-order valence-corrected chi connectivity index (χ4v) is 6.50. The lowest BCUT2D eigenvalue weighted by Crippen LogP contribution is -2.36. The second-order valence-corrected chi connectivity index (χ2v) is 13.1. The number of hydrogen-bond donors (Lipinski definition) is 2. The van der Waals surface area contributed by atoms with Crippen LogP contribution in [0.4, 0.5) is 28.8 Å². The molecule has 1 aliphatic rings. The standard InChI is InChI=1S/C29H31BrN9O2P/c1-38-10-7-20(37-38)18-15-23(25(40-2)16-24(18)39-11-13-41-14-12-39)35-29-33-17-19(30)28(36-29)34-22-6-5-21-26(27(22)42(3)4)32-9-8-31-21/h5-10,15-17H,11-14H2,1-4H3,(H2,33,34,35,36). The van der Waals surface area contributed by atoms with E-state index in [1.807, 2.05) is 43.6 Å². The molecule has 1 fully saturated rings. The van der Waals surface area contributed by atoms with Gasteiger partial charge in [0, 0.05) is 67.5 Å². The highest BCUT2D eigenvalue weighted by atomic mass is 79.9. The first-order valence-corrected chi connectivity index (χ1v) is 16.5. The van der Waals surface area contributed by atoms with Crippen molar-refractivity contribution in [2.45, 2.75) is 0 Å². The normalized spacial score (nSPS) is 13.5. The third kappa shape index (κ3) is 5.74. The monoisotopic (exact) mass is 647 g/mol. The Morgan fingerprint density at radius 1 is 1.00 bits per heavy atom. The van der Waals surface area contributed by atoms with Gasteiger partial charge in [0.05, 0.1) is 52.9 Å². The predicted octanol–water partition coefficient (Wildman–Crippen LogP) is 5.28. The lowest BCUT2D eigenvalue weighted by atomic mass is 10.1. The maximum absolute atomic E-state index is 5.84. The molecule has 0 atom stereocenters. The van der Waals surface area contributed by atoms with Crippen molar-refractivity contribution in [2.24, 2.45) is 7.05 Å². The van der Waals surface area contributed by atoms with Crippen molar-refractivity contribution in [1.82, 2.24) is 29.7 Å². The quantitative estimate of drug-likeness (QED) is 0.216. The summed E-state index contributed by atoms with van der Waals surface area (Å²) in [6, 6.07) is 10.1. The second-order valence-electron chi connectivity index (χ2n) is 9.96. The molecule has 216 valence electrons. The van der Waals surface area contributed by atoms with E-state index in [1.54, 1.807) is 30.4 Å². The van der Waals surface area contributed by atoms with E-state index >= 15 is 0 Å². The molecule has 0 radical (unpaired) electrons. The lowest BCUT2D eigenvalue weighted by molar-refractivity contribution is 0.122. The molecule has 5 aromatic rings. The molecule has 42 heavy (non-hydrogen) atoms. The Balaban J connectivity index is 1.37. The van der Waals surface area contributed by atoms with E-state index in [9.17, 15) is 0 Å². The van der Waals surface area contributed by atoms with Gasteiger partial charge in [-0.15, -0.1) is 0 Å². The number of hydrogen-bond acceptors (Lipinski definition) is 10. The first kappa shape index (κ1) is 28.3. The van der Waals surface area contributed by atoms with Crippen molar-refractivity contribution in [1.29, 1.82) is 0 Å². The predicted molar refractivity (Wildman–Crippen MR) is 172 cm³/mol. The van der Waals surface area contributed by atoms with E-state index in [4.69, 9.17) is 19.6 Å². The number of nitrogens with one attached hydrogen (secondary N) is 2. The van der Waals surface area contributed by atoms with Crippen LogP contribution < -0.4 is 25.6 Å². The molecule has 0 saturated carbocycles. The van der Waals surface area contributed by atoms with Crippen LogP contribution in [0.3, 0.4) is 0 Å². The molecule has 4 heterocycles. The van der Waals surface area contributed by atoms with Gasteiger partial charge in [0.1, 0.15) is 11.6 Å². The molecule has 0 bridgehead atoms. The molecule has 0 unspecified atom stereocenters. The summed E-state index contributed by atoms with van der Waals surface area (Å²) in [6.45, 7) is 7.35. The van der Waals surface area contributed by atoms with Crippen molar-refractivity contribution in [3.63, 3.8) is 0 Å². The molecule has 0 amide bonds. The summed E-state index contributed by atoms with van der Waals surface area (Å²) in [5.41, 5.74) is 6.33. The van der Waals surface area contributed by atoms with Crippen LogP contribution in [0, 0.1) is 0 Å². The largest absolute Gasteiger partial charge is 0.494 e. The molecular formula is C29H31BrN9O2P. The number of halogens is 1. The molecule has 2 N–H and O–H groups in total. The minimum absolute atomic E-state index is 0.419. The first-order valence-electron chi connectivity index (χ1n) is 13.4. The highest BCUT2D eigenvalue weighted by molar-refractivity contribution is 9.10. The minimum Gasteiger partial charge on any atom is -0.494 e. The van der Waals surface area contributed by atoms with Gasteiger partial charge >= 0.3 is 0 Å². The van der Waals surface area contributed by atoms with Gasteiger partial charge in [-0.2, -0.15) is 10.1 Å². The molecule has 0 aliphatic carbocycles. The third-order valence-corrected chi connectivity index (χ3v) is 8.89. The lowest BCUT2D eigenvalue weighted by Gasteiger charge is -2.31. The number of aromatic nitrogens is 6. The van der Waals surface area contributed by atoms with Gasteiger partial charge < -0.3 is 25.0 Å². The van der Waals surface area contributed by atoms with Crippen LogP contribution in [0.15, 0.2) is 59.6 Å². The molecule has 1 aliphatic heterocycles. The van der Waals surface area contributed by atoms with Gasteiger partial charge in [-0.1, -0.05) is 7.92 Å². The zero-order chi connectivity index (χ0) is 29.2. The Bertz CT molecular complexity index is 1740. The number of morpholine rings is 1. The smallest absolute Gasteiger partial charge is 0.229 e. The summed E-state index contributed by atoms with van der Waals surface area (Å²) in [6.07, 6.45) is 7.12. The van der Waals surface area contributed by atoms with Gasteiger partial charge in [-0.3, -0.25) is 14.6 Å². The Labute approximate surface area is 253 Å². The summed E-state index contributed by atoms with van der Waals surface area (Å²) in [5, 5.41) is 12.7. The van der Waals surface area contributed by atoms with Gasteiger partial charge in [-0.25, -0.2) is 4.98 Å². The van der Waals surface area contributed by atoms with Gasteiger partial charge in [0.15, 0.2) is 0 Å². The molecular weight excluding hydrogens is 617 g/mol. The molecule has 3 aromatic heterocycles. The molecule has 0 spiro atoms. The fraction of sp³-hybridized carbons (Fsp3) is 0.276. The SMILES string of the molecule is COc1cc(N2CCOCC2)c(-c2ccn(C)n2)cc1Nc1ncc(Br)c(Nc2ccc3nccnc3c2P(C)C)n1. The van der Waals surface area contributed by atoms with Crippen LogP contribution in [0.25, 0.3) is 22.3 Å². The van der Waals surface area contributed by atoms with Crippen LogP contribution in [-0.4, -0.2) is 76.5 Å². The zero-order valence-electron chi connectivity index (χ0n) is 23.8. The average Bonchev–Trinajstić information content (AvgIpc) is 3.44. The topological polar surface area (TPSA) is 115 Å². The fourth-order valence-electron chi connectivity index (χ4n) is 5.00. The first-order chi connectivity index (χ1) is 20.4. The van der Waals surface area contributed by atoms with Crippen LogP contribution >= 0.6 is 23.9 Å². The molecule has 2 aromatic carbocycles. The van der Waals surface area contributed by atoms with E-state index in [1.165, 1.54) is 0 Å². The molecule has 11 nitrogen and oxygen atoms in total. The summed E-state index contributed by atoms with van der Waals surface area (Å²) < 4.78 is 14.0.